The third kappa shape index (κ3) is 7.65. The SMILES string of the molecule is CN(C)C(=O)CN=C(NCC1CCOC1)NC1CCCN(c2ccccc2)C1.I. The van der Waals surface area contributed by atoms with Crippen LogP contribution < -0.4 is 15.5 Å². The van der Waals surface area contributed by atoms with Gasteiger partial charge in [-0.1, -0.05) is 18.2 Å². The van der Waals surface area contributed by atoms with Gasteiger partial charge in [0.2, 0.25) is 5.91 Å². The number of aliphatic imine (C=N–C) groups is 1. The van der Waals surface area contributed by atoms with Crippen LogP contribution >= 0.6 is 24.0 Å². The van der Waals surface area contributed by atoms with Crippen LogP contribution in [0.25, 0.3) is 0 Å². The largest absolute Gasteiger partial charge is 0.381 e. The van der Waals surface area contributed by atoms with Gasteiger partial charge in [-0.2, -0.15) is 0 Å². The Kier molecular flexibility index (Phi) is 9.99. The zero-order valence-corrected chi connectivity index (χ0v) is 19.8. The number of ether oxygens (including phenoxy) is 1. The third-order valence-corrected chi connectivity index (χ3v) is 5.34. The molecule has 0 bridgehead atoms. The number of halogens is 1. The normalized spacial score (nSPS) is 22.0. The van der Waals surface area contributed by atoms with Crippen molar-refractivity contribution in [2.24, 2.45) is 10.9 Å². The van der Waals surface area contributed by atoms with Gasteiger partial charge in [0, 0.05) is 58.0 Å². The van der Waals surface area contributed by atoms with Crippen LogP contribution in [0.5, 0.6) is 0 Å². The third-order valence-electron chi connectivity index (χ3n) is 5.34. The molecule has 7 nitrogen and oxygen atoms in total. The van der Waals surface area contributed by atoms with Gasteiger partial charge in [-0.3, -0.25) is 4.79 Å². The molecule has 2 aliphatic rings. The highest BCUT2D eigenvalue weighted by atomic mass is 127. The number of nitrogens with zero attached hydrogens (tertiary/aromatic N) is 3. The summed E-state index contributed by atoms with van der Waals surface area (Å²) in [5, 5.41) is 6.99. The second-order valence-electron chi connectivity index (χ2n) is 7.83. The number of anilines is 1. The molecule has 2 atom stereocenters. The summed E-state index contributed by atoms with van der Waals surface area (Å²) >= 11 is 0. The van der Waals surface area contributed by atoms with Gasteiger partial charge in [-0.15, -0.1) is 24.0 Å². The number of amides is 1. The lowest BCUT2D eigenvalue weighted by Gasteiger charge is -2.35. The number of rotatable bonds is 6. The fraction of sp³-hybridized carbons (Fsp3) is 0.619. The molecular weight excluding hydrogens is 481 g/mol. The van der Waals surface area contributed by atoms with E-state index in [1.807, 2.05) is 6.07 Å². The van der Waals surface area contributed by atoms with E-state index in [2.05, 4.69) is 44.8 Å². The first-order valence-electron chi connectivity index (χ1n) is 10.2. The number of hydrogen-bond donors (Lipinski definition) is 2. The summed E-state index contributed by atoms with van der Waals surface area (Å²) in [5.41, 5.74) is 1.26. The predicted octanol–water partition coefficient (Wildman–Crippen LogP) is 1.93. The minimum atomic E-state index is -0.000133. The van der Waals surface area contributed by atoms with Gasteiger partial charge < -0.3 is 25.2 Å². The number of benzene rings is 1. The maximum Gasteiger partial charge on any atom is 0.243 e. The highest BCUT2D eigenvalue weighted by Gasteiger charge is 2.22. The molecule has 2 heterocycles. The second-order valence-corrected chi connectivity index (χ2v) is 7.83. The Bertz CT molecular complexity index is 650. The molecule has 0 radical (unpaired) electrons. The van der Waals surface area contributed by atoms with Crippen molar-refractivity contribution in [1.82, 2.24) is 15.5 Å². The highest BCUT2D eigenvalue weighted by Crippen LogP contribution is 2.19. The van der Waals surface area contributed by atoms with Crippen molar-refractivity contribution >= 4 is 41.5 Å². The van der Waals surface area contributed by atoms with Gasteiger partial charge in [-0.25, -0.2) is 4.99 Å². The lowest BCUT2D eigenvalue weighted by atomic mass is 10.0. The van der Waals surface area contributed by atoms with E-state index < -0.39 is 0 Å². The number of nitrogens with one attached hydrogen (secondary N) is 2. The van der Waals surface area contributed by atoms with Crippen LogP contribution in [0.15, 0.2) is 35.3 Å². The van der Waals surface area contributed by atoms with Crippen LogP contribution in [0.4, 0.5) is 5.69 Å². The summed E-state index contributed by atoms with van der Waals surface area (Å²) in [6.07, 6.45) is 3.30. The molecule has 162 valence electrons. The number of piperidine rings is 1. The summed E-state index contributed by atoms with van der Waals surface area (Å²) in [7, 11) is 3.51. The second kappa shape index (κ2) is 12.2. The zero-order chi connectivity index (χ0) is 19.8. The molecule has 3 rings (SSSR count). The molecule has 2 N–H and O–H groups in total. The van der Waals surface area contributed by atoms with Crippen molar-refractivity contribution in [3.8, 4) is 0 Å². The quantitative estimate of drug-likeness (QED) is 0.345. The van der Waals surface area contributed by atoms with Crippen LogP contribution in [0, 0.1) is 5.92 Å². The average molecular weight is 515 g/mol. The number of carbonyl (C=O) groups excluding carboxylic acids is 1. The van der Waals surface area contributed by atoms with Crippen molar-refractivity contribution in [2.45, 2.75) is 25.3 Å². The molecule has 29 heavy (non-hydrogen) atoms. The Labute approximate surface area is 191 Å². The van der Waals surface area contributed by atoms with E-state index in [-0.39, 0.29) is 36.4 Å². The van der Waals surface area contributed by atoms with E-state index in [4.69, 9.17) is 4.74 Å². The molecule has 2 saturated heterocycles. The number of hydrogen-bond acceptors (Lipinski definition) is 4. The van der Waals surface area contributed by atoms with Crippen LogP contribution in [0.3, 0.4) is 0 Å². The minimum absolute atomic E-state index is 0. The lowest BCUT2D eigenvalue weighted by molar-refractivity contribution is -0.127. The first kappa shape index (κ1) is 23.7. The molecule has 0 spiro atoms. The van der Waals surface area contributed by atoms with Crippen LogP contribution in [0.2, 0.25) is 0 Å². The van der Waals surface area contributed by atoms with Gasteiger partial charge in [0.15, 0.2) is 5.96 Å². The zero-order valence-electron chi connectivity index (χ0n) is 17.5. The molecule has 2 unspecified atom stereocenters. The Morgan fingerprint density at radius 3 is 2.76 bits per heavy atom. The van der Waals surface area contributed by atoms with Crippen molar-refractivity contribution in [2.75, 3.05) is 58.4 Å². The number of guanidine groups is 1. The van der Waals surface area contributed by atoms with E-state index in [9.17, 15) is 4.79 Å². The van der Waals surface area contributed by atoms with Gasteiger partial charge in [0.25, 0.3) is 0 Å². The van der Waals surface area contributed by atoms with Gasteiger partial charge in [0.05, 0.1) is 6.61 Å². The van der Waals surface area contributed by atoms with Crippen molar-refractivity contribution < 1.29 is 9.53 Å². The molecule has 2 fully saturated rings. The lowest BCUT2D eigenvalue weighted by Crippen LogP contribution is -2.52. The van der Waals surface area contributed by atoms with Crippen LogP contribution in [0.1, 0.15) is 19.3 Å². The van der Waals surface area contributed by atoms with Crippen molar-refractivity contribution in [1.29, 1.82) is 0 Å². The van der Waals surface area contributed by atoms with Gasteiger partial charge >= 0.3 is 0 Å². The maximum atomic E-state index is 12.0. The van der Waals surface area contributed by atoms with E-state index in [0.717, 1.165) is 58.1 Å². The standard InChI is InChI=1S/C21H33N5O2.HI/c1-25(2)20(27)14-23-21(22-13-17-10-12-28-16-17)24-18-7-6-11-26(15-18)19-8-4-3-5-9-19;/h3-5,8-9,17-18H,6-7,10-16H2,1-2H3,(H2,22,23,24);1H. The summed E-state index contributed by atoms with van der Waals surface area (Å²) < 4.78 is 5.46. The van der Waals surface area contributed by atoms with Gasteiger partial charge in [-0.05, 0) is 31.4 Å². The molecule has 0 aromatic heterocycles. The molecule has 1 amide bonds. The number of likely N-dealkylation sites (N-methyl/N-ethyl adjacent to an activating group) is 1. The molecular formula is C21H34IN5O2. The summed E-state index contributed by atoms with van der Waals surface area (Å²) in [4.78, 5) is 20.5. The van der Waals surface area contributed by atoms with Crippen LogP contribution in [-0.4, -0.2) is 76.3 Å². The van der Waals surface area contributed by atoms with Crippen molar-refractivity contribution in [3.05, 3.63) is 30.3 Å². The smallest absolute Gasteiger partial charge is 0.243 e. The first-order chi connectivity index (χ1) is 13.6. The monoisotopic (exact) mass is 515 g/mol. The Balaban J connectivity index is 0.00000300. The summed E-state index contributed by atoms with van der Waals surface area (Å²) in [5.74, 6) is 1.23. The van der Waals surface area contributed by atoms with Crippen LogP contribution in [-0.2, 0) is 9.53 Å². The Morgan fingerprint density at radius 1 is 1.28 bits per heavy atom. The van der Waals surface area contributed by atoms with Crippen molar-refractivity contribution in [3.63, 3.8) is 0 Å². The molecule has 0 aliphatic carbocycles. The van der Waals surface area contributed by atoms with E-state index in [1.165, 1.54) is 5.69 Å². The number of para-hydroxylation sites is 1. The van der Waals surface area contributed by atoms with E-state index >= 15 is 0 Å². The Morgan fingerprint density at radius 2 is 2.07 bits per heavy atom. The minimum Gasteiger partial charge on any atom is -0.381 e. The molecule has 2 aliphatic heterocycles. The van der Waals surface area contributed by atoms with E-state index in [1.54, 1.807) is 19.0 Å². The first-order valence-corrected chi connectivity index (χ1v) is 10.2. The highest BCUT2D eigenvalue weighted by molar-refractivity contribution is 14.0. The predicted molar refractivity (Wildman–Crippen MR) is 128 cm³/mol. The topological polar surface area (TPSA) is 69.2 Å². The maximum absolute atomic E-state index is 12.0. The molecule has 0 saturated carbocycles. The average Bonchev–Trinajstić information content (AvgIpc) is 3.24. The van der Waals surface area contributed by atoms with E-state index in [0.29, 0.717) is 12.0 Å². The molecule has 1 aromatic rings. The summed E-state index contributed by atoms with van der Waals surface area (Å²) in [6, 6.07) is 10.8. The summed E-state index contributed by atoms with van der Waals surface area (Å²) in [6.45, 7) is 4.59. The number of carbonyl (C=O) groups is 1. The van der Waals surface area contributed by atoms with Gasteiger partial charge in [0.1, 0.15) is 6.54 Å². The fourth-order valence-corrected chi connectivity index (χ4v) is 3.59. The fourth-order valence-electron chi connectivity index (χ4n) is 3.59. The molecule has 1 aromatic carbocycles. The molecule has 8 heteroatoms. The Hall–Kier alpha value is -1.55.